The summed E-state index contributed by atoms with van der Waals surface area (Å²) in [5.74, 6) is 1.93. The van der Waals surface area contributed by atoms with E-state index in [-0.39, 0.29) is 5.91 Å². The van der Waals surface area contributed by atoms with E-state index in [1.807, 2.05) is 41.3 Å². The number of hydrogen-bond donors (Lipinski definition) is 0. The predicted molar refractivity (Wildman–Crippen MR) is 150 cm³/mol. The van der Waals surface area contributed by atoms with Crippen LogP contribution in [-0.2, 0) is 17.8 Å². The minimum absolute atomic E-state index is 0.212. The van der Waals surface area contributed by atoms with Gasteiger partial charge in [-0.3, -0.25) is 9.69 Å². The number of piperazine rings is 1. The van der Waals surface area contributed by atoms with Crippen molar-refractivity contribution < 1.29 is 9.53 Å². The van der Waals surface area contributed by atoms with E-state index in [0.717, 1.165) is 55.2 Å². The number of nitrogens with zero attached hydrogens (tertiary/aromatic N) is 2. The van der Waals surface area contributed by atoms with Gasteiger partial charge in [0.05, 0.1) is 6.42 Å². The Bertz CT molecular complexity index is 1540. The molecule has 4 nitrogen and oxygen atoms in total. The van der Waals surface area contributed by atoms with Gasteiger partial charge in [0.1, 0.15) is 11.5 Å². The van der Waals surface area contributed by atoms with E-state index < -0.39 is 0 Å². The summed E-state index contributed by atoms with van der Waals surface area (Å²) in [5.41, 5.74) is 2.29. The predicted octanol–water partition coefficient (Wildman–Crippen LogP) is 6.67. The third-order valence-electron chi connectivity index (χ3n) is 7.19. The largest absolute Gasteiger partial charge is 0.457 e. The summed E-state index contributed by atoms with van der Waals surface area (Å²) >= 11 is 0. The minimum atomic E-state index is 0.212. The van der Waals surface area contributed by atoms with Gasteiger partial charge in [-0.1, -0.05) is 91.0 Å². The van der Waals surface area contributed by atoms with Gasteiger partial charge in [-0.05, 0) is 45.5 Å². The van der Waals surface area contributed by atoms with E-state index in [2.05, 4.69) is 77.7 Å². The first-order chi connectivity index (χ1) is 18.2. The number of amides is 1. The summed E-state index contributed by atoms with van der Waals surface area (Å²) in [6.45, 7) is 4.13. The highest BCUT2D eigenvalue weighted by atomic mass is 16.5. The maximum absolute atomic E-state index is 12.7. The highest BCUT2D eigenvalue weighted by Gasteiger charge is 2.21. The maximum Gasteiger partial charge on any atom is 0.227 e. The van der Waals surface area contributed by atoms with Crippen molar-refractivity contribution >= 4 is 27.5 Å². The molecule has 1 aliphatic heterocycles. The van der Waals surface area contributed by atoms with Crippen LogP contribution in [0.5, 0.6) is 11.5 Å². The molecule has 0 aromatic heterocycles. The summed E-state index contributed by atoms with van der Waals surface area (Å²) in [4.78, 5) is 17.1. The second-order valence-corrected chi connectivity index (χ2v) is 9.71. The van der Waals surface area contributed by atoms with Crippen molar-refractivity contribution in [1.82, 2.24) is 9.80 Å². The Morgan fingerprint density at radius 2 is 1.32 bits per heavy atom. The highest BCUT2D eigenvalue weighted by Crippen LogP contribution is 2.36. The minimum Gasteiger partial charge on any atom is -0.457 e. The number of hydrogen-bond acceptors (Lipinski definition) is 3. The lowest BCUT2D eigenvalue weighted by Crippen LogP contribution is -2.48. The molecule has 0 N–H and O–H groups in total. The van der Waals surface area contributed by atoms with Crippen LogP contribution in [0.2, 0.25) is 0 Å². The van der Waals surface area contributed by atoms with Crippen LogP contribution in [0.25, 0.3) is 21.5 Å². The van der Waals surface area contributed by atoms with E-state index in [4.69, 9.17) is 4.74 Å². The number of benzene rings is 5. The van der Waals surface area contributed by atoms with Gasteiger partial charge in [0, 0.05) is 38.1 Å². The van der Waals surface area contributed by atoms with E-state index in [1.165, 1.54) is 21.7 Å². The summed E-state index contributed by atoms with van der Waals surface area (Å²) in [6.07, 6.45) is 0.476. The number of fused-ring (bicyclic) bond motifs is 3. The Morgan fingerprint density at radius 1 is 0.649 bits per heavy atom. The molecule has 0 atom stereocenters. The smallest absolute Gasteiger partial charge is 0.227 e. The molecule has 5 aromatic rings. The molecule has 1 amide bonds. The van der Waals surface area contributed by atoms with Crippen molar-refractivity contribution in [2.75, 3.05) is 26.2 Å². The van der Waals surface area contributed by atoms with Crippen molar-refractivity contribution in [3.05, 3.63) is 120 Å². The number of ether oxygens (including phenoxy) is 1. The molecule has 4 heteroatoms. The van der Waals surface area contributed by atoms with E-state index in [0.29, 0.717) is 6.42 Å². The number of carbonyl (C=O) groups is 1. The Balaban J connectivity index is 1.12. The van der Waals surface area contributed by atoms with Crippen LogP contribution in [0.4, 0.5) is 0 Å². The SMILES string of the molecule is O=C(Cc1ccccc1)N1CCN(Cc2cccc(Oc3cc4ccccc4c4ccccc34)c2)CC1. The standard InChI is InChI=1S/C33H30N2O2/c36-33(22-25-9-2-1-3-10-25)35-19-17-34(18-20-35)24-26-11-8-13-28(21-26)37-32-23-27-12-4-5-14-29(27)30-15-6-7-16-31(30)32/h1-16,21,23H,17-20,22,24H2. The maximum atomic E-state index is 12.7. The van der Waals surface area contributed by atoms with Gasteiger partial charge in [0.15, 0.2) is 0 Å². The molecule has 0 aliphatic carbocycles. The average Bonchev–Trinajstić information content (AvgIpc) is 2.94. The second-order valence-electron chi connectivity index (χ2n) is 9.71. The monoisotopic (exact) mass is 486 g/mol. The fraction of sp³-hybridized carbons (Fsp3) is 0.182. The lowest BCUT2D eigenvalue weighted by molar-refractivity contribution is -0.132. The zero-order chi connectivity index (χ0) is 25.0. The van der Waals surface area contributed by atoms with Gasteiger partial charge in [-0.25, -0.2) is 0 Å². The Hall–Kier alpha value is -4.15. The zero-order valence-electron chi connectivity index (χ0n) is 20.8. The third-order valence-corrected chi connectivity index (χ3v) is 7.19. The first kappa shape index (κ1) is 23.3. The summed E-state index contributed by atoms with van der Waals surface area (Å²) < 4.78 is 6.46. The fourth-order valence-corrected chi connectivity index (χ4v) is 5.23. The van der Waals surface area contributed by atoms with Crippen LogP contribution in [0.15, 0.2) is 109 Å². The van der Waals surface area contributed by atoms with E-state index in [1.54, 1.807) is 0 Å². The first-order valence-corrected chi connectivity index (χ1v) is 12.9. The van der Waals surface area contributed by atoms with Crippen LogP contribution in [-0.4, -0.2) is 41.9 Å². The number of carbonyl (C=O) groups excluding carboxylic acids is 1. The van der Waals surface area contributed by atoms with Gasteiger partial charge < -0.3 is 9.64 Å². The Labute approximate surface area is 217 Å². The Kier molecular flexibility index (Phi) is 6.57. The topological polar surface area (TPSA) is 32.8 Å². The highest BCUT2D eigenvalue weighted by molar-refractivity contribution is 6.10. The van der Waals surface area contributed by atoms with Crippen LogP contribution < -0.4 is 4.74 Å². The molecule has 0 spiro atoms. The van der Waals surface area contributed by atoms with Crippen LogP contribution in [0.3, 0.4) is 0 Å². The van der Waals surface area contributed by atoms with Crippen molar-refractivity contribution in [3.63, 3.8) is 0 Å². The van der Waals surface area contributed by atoms with Gasteiger partial charge >= 0.3 is 0 Å². The number of rotatable bonds is 6. The molecule has 0 bridgehead atoms. The molecule has 0 radical (unpaired) electrons. The lowest BCUT2D eigenvalue weighted by atomic mass is 10.0. The van der Waals surface area contributed by atoms with Crippen molar-refractivity contribution in [2.24, 2.45) is 0 Å². The summed E-state index contributed by atoms with van der Waals surface area (Å²) in [5, 5.41) is 4.72. The van der Waals surface area contributed by atoms with Gasteiger partial charge in [-0.15, -0.1) is 0 Å². The molecule has 0 saturated carbocycles. The van der Waals surface area contributed by atoms with Crippen LogP contribution >= 0.6 is 0 Å². The summed E-state index contributed by atoms with van der Waals surface area (Å²) in [6, 6.07) is 37.4. The van der Waals surface area contributed by atoms with E-state index in [9.17, 15) is 4.79 Å². The Morgan fingerprint density at radius 3 is 2.14 bits per heavy atom. The van der Waals surface area contributed by atoms with Crippen LogP contribution in [0, 0.1) is 0 Å². The molecule has 5 aromatic carbocycles. The molecule has 1 aliphatic rings. The zero-order valence-corrected chi connectivity index (χ0v) is 20.8. The molecule has 37 heavy (non-hydrogen) atoms. The van der Waals surface area contributed by atoms with Gasteiger partial charge in [0.2, 0.25) is 5.91 Å². The fourth-order valence-electron chi connectivity index (χ4n) is 5.23. The molecule has 184 valence electrons. The second kappa shape index (κ2) is 10.5. The van der Waals surface area contributed by atoms with Gasteiger partial charge in [0.25, 0.3) is 0 Å². The quantitative estimate of drug-likeness (QED) is 0.251. The molecule has 1 saturated heterocycles. The van der Waals surface area contributed by atoms with Crippen molar-refractivity contribution in [1.29, 1.82) is 0 Å². The van der Waals surface area contributed by atoms with Crippen molar-refractivity contribution in [2.45, 2.75) is 13.0 Å². The molecule has 1 heterocycles. The molecule has 1 fully saturated rings. The van der Waals surface area contributed by atoms with Crippen molar-refractivity contribution in [3.8, 4) is 11.5 Å². The molecular formula is C33H30N2O2. The molecule has 0 unspecified atom stereocenters. The summed E-state index contributed by atoms with van der Waals surface area (Å²) in [7, 11) is 0. The average molecular weight is 487 g/mol. The molecule has 6 rings (SSSR count). The van der Waals surface area contributed by atoms with E-state index >= 15 is 0 Å². The van der Waals surface area contributed by atoms with Crippen LogP contribution in [0.1, 0.15) is 11.1 Å². The van der Waals surface area contributed by atoms with Gasteiger partial charge in [-0.2, -0.15) is 0 Å². The normalized spacial score (nSPS) is 14.2. The molecular weight excluding hydrogens is 456 g/mol. The third kappa shape index (κ3) is 5.20. The first-order valence-electron chi connectivity index (χ1n) is 12.9. The lowest BCUT2D eigenvalue weighted by Gasteiger charge is -2.35.